The lowest BCUT2D eigenvalue weighted by Gasteiger charge is -2.21. The number of nitrogens with one attached hydrogen (secondary N) is 1. The van der Waals surface area contributed by atoms with E-state index in [0.717, 1.165) is 31.6 Å². The van der Waals surface area contributed by atoms with Gasteiger partial charge in [-0.15, -0.1) is 0 Å². The number of nitro groups is 1. The summed E-state index contributed by atoms with van der Waals surface area (Å²) in [5, 5.41) is 14.1. The minimum absolute atomic E-state index is 0.101. The van der Waals surface area contributed by atoms with Crippen molar-refractivity contribution in [3.63, 3.8) is 0 Å². The SMILES string of the molecule is CCNc1ccc(COCC2CCOCC2)cc1[N+](=O)[O-]. The van der Waals surface area contributed by atoms with Gasteiger partial charge in [0.15, 0.2) is 0 Å². The van der Waals surface area contributed by atoms with Crippen LogP contribution in [-0.4, -0.2) is 31.3 Å². The molecule has 21 heavy (non-hydrogen) atoms. The highest BCUT2D eigenvalue weighted by Crippen LogP contribution is 2.26. The number of nitrogens with zero attached hydrogens (tertiary/aromatic N) is 1. The third-order valence-corrected chi connectivity index (χ3v) is 3.59. The van der Waals surface area contributed by atoms with Crippen LogP contribution >= 0.6 is 0 Å². The Morgan fingerprint density at radius 3 is 2.86 bits per heavy atom. The van der Waals surface area contributed by atoms with E-state index in [2.05, 4.69) is 5.32 Å². The molecule has 0 saturated carbocycles. The molecule has 1 aliphatic rings. The fraction of sp³-hybridized carbons (Fsp3) is 0.600. The molecule has 1 aromatic rings. The number of rotatable bonds is 7. The van der Waals surface area contributed by atoms with Gasteiger partial charge in [-0.25, -0.2) is 0 Å². The van der Waals surface area contributed by atoms with Gasteiger partial charge in [0.05, 0.1) is 18.1 Å². The van der Waals surface area contributed by atoms with Crippen LogP contribution in [-0.2, 0) is 16.1 Å². The molecular weight excluding hydrogens is 272 g/mol. The second-order valence-corrected chi connectivity index (χ2v) is 5.21. The highest BCUT2D eigenvalue weighted by molar-refractivity contribution is 5.62. The average Bonchev–Trinajstić information content (AvgIpc) is 2.50. The number of ether oxygens (including phenoxy) is 2. The summed E-state index contributed by atoms with van der Waals surface area (Å²) in [5.41, 5.74) is 1.48. The van der Waals surface area contributed by atoms with Gasteiger partial charge in [-0.1, -0.05) is 6.07 Å². The number of anilines is 1. The second-order valence-electron chi connectivity index (χ2n) is 5.21. The second kappa shape index (κ2) is 7.95. The van der Waals surface area contributed by atoms with Gasteiger partial charge in [-0.2, -0.15) is 0 Å². The molecule has 1 aliphatic heterocycles. The Balaban J connectivity index is 1.90. The van der Waals surface area contributed by atoms with Crippen molar-refractivity contribution >= 4 is 11.4 Å². The van der Waals surface area contributed by atoms with Gasteiger partial charge >= 0.3 is 0 Å². The first-order valence-electron chi connectivity index (χ1n) is 7.37. The Morgan fingerprint density at radius 1 is 1.43 bits per heavy atom. The van der Waals surface area contributed by atoms with Gasteiger partial charge in [-0.05, 0) is 37.3 Å². The molecule has 0 bridgehead atoms. The Hall–Kier alpha value is -1.66. The maximum Gasteiger partial charge on any atom is 0.292 e. The smallest absolute Gasteiger partial charge is 0.292 e. The molecule has 6 nitrogen and oxygen atoms in total. The first kappa shape index (κ1) is 15.7. The van der Waals surface area contributed by atoms with Gasteiger partial charge in [0.2, 0.25) is 0 Å². The van der Waals surface area contributed by atoms with Gasteiger partial charge < -0.3 is 14.8 Å². The largest absolute Gasteiger partial charge is 0.381 e. The molecule has 116 valence electrons. The fourth-order valence-electron chi connectivity index (χ4n) is 2.41. The Labute approximate surface area is 124 Å². The third kappa shape index (κ3) is 4.68. The average molecular weight is 294 g/mol. The van der Waals surface area contributed by atoms with E-state index in [4.69, 9.17) is 9.47 Å². The maximum absolute atomic E-state index is 11.1. The van der Waals surface area contributed by atoms with E-state index in [1.54, 1.807) is 12.1 Å². The van der Waals surface area contributed by atoms with Crippen molar-refractivity contribution in [2.75, 3.05) is 31.7 Å². The minimum Gasteiger partial charge on any atom is -0.381 e. The van der Waals surface area contributed by atoms with Crippen LogP contribution in [0.5, 0.6) is 0 Å². The molecule has 0 atom stereocenters. The third-order valence-electron chi connectivity index (χ3n) is 3.59. The van der Waals surface area contributed by atoms with E-state index in [-0.39, 0.29) is 10.6 Å². The number of nitro benzene ring substituents is 1. The summed E-state index contributed by atoms with van der Waals surface area (Å²) < 4.78 is 11.0. The molecule has 0 aromatic heterocycles. The Morgan fingerprint density at radius 2 is 2.19 bits per heavy atom. The summed E-state index contributed by atoms with van der Waals surface area (Å²) in [6, 6.07) is 5.20. The maximum atomic E-state index is 11.1. The highest BCUT2D eigenvalue weighted by Gasteiger charge is 2.16. The van der Waals surface area contributed by atoms with Crippen LogP contribution in [0.4, 0.5) is 11.4 Å². The van der Waals surface area contributed by atoms with E-state index in [0.29, 0.717) is 31.4 Å². The van der Waals surface area contributed by atoms with Gasteiger partial charge in [0, 0.05) is 25.8 Å². The topological polar surface area (TPSA) is 73.6 Å². The zero-order valence-electron chi connectivity index (χ0n) is 12.3. The molecule has 1 heterocycles. The predicted molar refractivity (Wildman–Crippen MR) is 80.5 cm³/mol. The van der Waals surface area contributed by atoms with Crippen molar-refractivity contribution < 1.29 is 14.4 Å². The lowest BCUT2D eigenvalue weighted by molar-refractivity contribution is -0.384. The standard InChI is InChI=1S/C15H22N2O4/c1-2-16-14-4-3-13(9-15(14)17(18)19)11-21-10-12-5-7-20-8-6-12/h3-4,9,12,16H,2,5-8,10-11H2,1H3. The summed E-state index contributed by atoms with van der Waals surface area (Å²) in [5.74, 6) is 0.537. The molecule has 1 aromatic carbocycles. The molecule has 1 fully saturated rings. The summed E-state index contributed by atoms with van der Waals surface area (Å²) in [7, 11) is 0. The van der Waals surface area contributed by atoms with Crippen LogP contribution in [0.25, 0.3) is 0 Å². The van der Waals surface area contributed by atoms with E-state index >= 15 is 0 Å². The van der Waals surface area contributed by atoms with E-state index < -0.39 is 0 Å². The van der Waals surface area contributed by atoms with Crippen LogP contribution in [0.3, 0.4) is 0 Å². The molecule has 0 spiro atoms. The molecule has 0 unspecified atom stereocenters. The Bertz CT molecular complexity index is 473. The van der Waals surface area contributed by atoms with E-state index in [1.165, 1.54) is 0 Å². The quantitative estimate of drug-likeness (QED) is 0.618. The van der Waals surface area contributed by atoms with Crippen molar-refractivity contribution in [1.29, 1.82) is 0 Å². The van der Waals surface area contributed by atoms with Crippen LogP contribution < -0.4 is 5.32 Å². The molecule has 0 radical (unpaired) electrons. The van der Waals surface area contributed by atoms with Gasteiger partial charge in [0.1, 0.15) is 5.69 Å². The number of hydrogen-bond donors (Lipinski definition) is 1. The number of hydrogen-bond acceptors (Lipinski definition) is 5. The van der Waals surface area contributed by atoms with Crippen molar-refractivity contribution in [1.82, 2.24) is 0 Å². The van der Waals surface area contributed by atoms with Crippen molar-refractivity contribution in [2.45, 2.75) is 26.4 Å². The molecule has 2 rings (SSSR count). The molecular formula is C15H22N2O4. The van der Waals surface area contributed by atoms with E-state index in [9.17, 15) is 10.1 Å². The first-order valence-corrected chi connectivity index (χ1v) is 7.37. The molecule has 0 amide bonds. The van der Waals surface area contributed by atoms with Crippen LogP contribution in [0, 0.1) is 16.0 Å². The highest BCUT2D eigenvalue weighted by atomic mass is 16.6. The molecule has 1 saturated heterocycles. The number of benzene rings is 1. The monoisotopic (exact) mass is 294 g/mol. The Kier molecular flexibility index (Phi) is 5.95. The predicted octanol–water partition coefficient (Wildman–Crippen LogP) is 2.97. The fourth-order valence-corrected chi connectivity index (χ4v) is 2.41. The lowest BCUT2D eigenvalue weighted by atomic mass is 10.0. The van der Waals surface area contributed by atoms with Crippen molar-refractivity contribution in [3.8, 4) is 0 Å². The summed E-state index contributed by atoms with van der Waals surface area (Å²) in [4.78, 5) is 10.7. The van der Waals surface area contributed by atoms with Crippen LogP contribution in [0.2, 0.25) is 0 Å². The van der Waals surface area contributed by atoms with Crippen molar-refractivity contribution in [3.05, 3.63) is 33.9 Å². The van der Waals surface area contributed by atoms with Crippen LogP contribution in [0.15, 0.2) is 18.2 Å². The first-order chi connectivity index (χ1) is 10.2. The summed E-state index contributed by atoms with van der Waals surface area (Å²) in [6.45, 7) is 5.26. The summed E-state index contributed by atoms with van der Waals surface area (Å²) >= 11 is 0. The van der Waals surface area contributed by atoms with Crippen LogP contribution in [0.1, 0.15) is 25.3 Å². The molecule has 0 aliphatic carbocycles. The van der Waals surface area contributed by atoms with Crippen molar-refractivity contribution in [2.24, 2.45) is 5.92 Å². The molecule has 6 heteroatoms. The normalized spacial score (nSPS) is 15.9. The minimum atomic E-state index is -0.361. The zero-order valence-corrected chi connectivity index (χ0v) is 12.3. The van der Waals surface area contributed by atoms with Gasteiger partial charge in [0.25, 0.3) is 5.69 Å². The summed E-state index contributed by atoms with van der Waals surface area (Å²) in [6.07, 6.45) is 2.05. The van der Waals surface area contributed by atoms with E-state index in [1.807, 2.05) is 13.0 Å². The molecule has 1 N–H and O–H groups in total. The van der Waals surface area contributed by atoms with Gasteiger partial charge in [-0.3, -0.25) is 10.1 Å². The zero-order chi connectivity index (χ0) is 15.1. The lowest BCUT2D eigenvalue weighted by Crippen LogP contribution is -2.20.